The summed E-state index contributed by atoms with van der Waals surface area (Å²) in [6.45, 7) is 6.96. The average molecular weight is 404 g/mol. The molecule has 1 aromatic heterocycles. The van der Waals surface area contributed by atoms with Crippen LogP contribution in [0, 0.1) is 24.2 Å². The number of anilines is 1. The molecular formula is C17H19Cl2NO4S. The fraction of sp³-hybridized carbons (Fsp3) is 0.471. The summed E-state index contributed by atoms with van der Waals surface area (Å²) in [6.07, 6.45) is 1.65. The molecule has 1 fully saturated rings. The molecule has 8 heteroatoms. The van der Waals surface area contributed by atoms with Crippen molar-refractivity contribution in [3.63, 3.8) is 0 Å². The molecule has 0 radical (unpaired) electrons. The molecule has 0 aromatic carbocycles. The van der Waals surface area contributed by atoms with Crippen LogP contribution >= 0.6 is 34.5 Å². The highest BCUT2D eigenvalue weighted by atomic mass is 35.5. The number of rotatable bonds is 5. The van der Waals surface area contributed by atoms with Gasteiger partial charge in [0.05, 0.1) is 23.5 Å². The van der Waals surface area contributed by atoms with Gasteiger partial charge in [0.1, 0.15) is 9.49 Å². The van der Waals surface area contributed by atoms with Crippen LogP contribution in [0.5, 0.6) is 0 Å². The van der Waals surface area contributed by atoms with Gasteiger partial charge in [0.15, 0.2) is 5.78 Å². The zero-order valence-corrected chi connectivity index (χ0v) is 16.9. The largest absolute Gasteiger partial charge is 0.465 e. The summed E-state index contributed by atoms with van der Waals surface area (Å²) < 4.78 is 4.90. The maximum Gasteiger partial charge on any atom is 0.341 e. The maximum atomic E-state index is 12.7. The lowest BCUT2D eigenvalue weighted by molar-refractivity contribution is -0.118. The van der Waals surface area contributed by atoms with Crippen LogP contribution in [0.25, 0.3) is 0 Å². The van der Waals surface area contributed by atoms with Gasteiger partial charge < -0.3 is 10.1 Å². The Morgan fingerprint density at radius 2 is 1.88 bits per heavy atom. The highest BCUT2D eigenvalue weighted by Gasteiger charge is 2.60. The second kappa shape index (κ2) is 7.09. The number of ketones is 1. The lowest BCUT2D eigenvalue weighted by Crippen LogP contribution is -2.18. The molecule has 25 heavy (non-hydrogen) atoms. The number of nitrogens with one attached hydrogen (secondary N) is 1. The van der Waals surface area contributed by atoms with Gasteiger partial charge in [-0.05, 0) is 36.8 Å². The Morgan fingerprint density at radius 1 is 1.28 bits per heavy atom. The number of hydrogen-bond donors (Lipinski definition) is 1. The lowest BCUT2D eigenvalue weighted by Gasteiger charge is -2.07. The summed E-state index contributed by atoms with van der Waals surface area (Å²) in [5.74, 6) is -1.43. The molecule has 1 aliphatic rings. The number of methoxy groups -OCH3 is 1. The van der Waals surface area contributed by atoms with Crippen LogP contribution in [-0.2, 0) is 9.53 Å². The molecule has 1 amide bonds. The van der Waals surface area contributed by atoms with Crippen LogP contribution in [-0.4, -0.2) is 24.8 Å². The molecule has 2 atom stereocenters. The molecule has 1 aliphatic carbocycles. The first kappa shape index (κ1) is 19.9. The molecule has 1 saturated carbocycles. The van der Waals surface area contributed by atoms with Gasteiger partial charge in [-0.3, -0.25) is 9.59 Å². The van der Waals surface area contributed by atoms with Gasteiger partial charge in [0.2, 0.25) is 5.91 Å². The Balaban J connectivity index is 2.33. The summed E-state index contributed by atoms with van der Waals surface area (Å²) in [5.41, 5.74) is 0.433. The van der Waals surface area contributed by atoms with Crippen molar-refractivity contribution in [3.05, 3.63) is 26.6 Å². The average Bonchev–Trinajstić information content (AvgIpc) is 2.85. The third-order valence-electron chi connectivity index (χ3n) is 4.59. The topological polar surface area (TPSA) is 72.5 Å². The number of carbonyl (C=O) groups excluding carboxylic acids is 3. The number of amides is 1. The molecule has 1 aromatic rings. The first-order valence-corrected chi connectivity index (χ1v) is 9.15. The van der Waals surface area contributed by atoms with E-state index in [-0.39, 0.29) is 39.0 Å². The molecule has 5 nitrogen and oxygen atoms in total. The van der Waals surface area contributed by atoms with E-state index in [1.54, 1.807) is 13.0 Å². The van der Waals surface area contributed by atoms with Gasteiger partial charge in [-0.2, -0.15) is 0 Å². The van der Waals surface area contributed by atoms with E-state index in [4.69, 9.17) is 27.9 Å². The maximum absolute atomic E-state index is 12.7. The van der Waals surface area contributed by atoms with Gasteiger partial charge >= 0.3 is 5.97 Å². The van der Waals surface area contributed by atoms with Gasteiger partial charge in [-0.1, -0.05) is 37.0 Å². The molecule has 2 rings (SSSR count). The normalized spacial score (nSPS) is 20.6. The zero-order valence-electron chi connectivity index (χ0n) is 14.5. The van der Waals surface area contributed by atoms with Crippen molar-refractivity contribution in [1.29, 1.82) is 0 Å². The molecule has 0 bridgehead atoms. The third kappa shape index (κ3) is 3.76. The van der Waals surface area contributed by atoms with Crippen LogP contribution in [0.15, 0.2) is 10.6 Å². The van der Waals surface area contributed by atoms with Crippen molar-refractivity contribution >= 4 is 57.2 Å². The van der Waals surface area contributed by atoms with E-state index in [0.29, 0.717) is 15.4 Å². The van der Waals surface area contributed by atoms with Crippen molar-refractivity contribution in [2.24, 2.45) is 17.3 Å². The predicted molar refractivity (Wildman–Crippen MR) is 99.6 cm³/mol. The first-order valence-electron chi connectivity index (χ1n) is 7.58. The molecule has 1 N–H and O–H groups in total. The Morgan fingerprint density at radius 3 is 2.36 bits per heavy atom. The van der Waals surface area contributed by atoms with Crippen molar-refractivity contribution < 1.29 is 19.1 Å². The van der Waals surface area contributed by atoms with E-state index < -0.39 is 5.97 Å². The van der Waals surface area contributed by atoms with E-state index in [1.165, 1.54) is 14.0 Å². The Bertz CT molecular complexity index is 778. The van der Waals surface area contributed by atoms with E-state index in [1.807, 2.05) is 13.8 Å². The molecular weight excluding hydrogens is 385 g/mol. The standard InChI is InChI=1S/C17H19Cl2NO4S/c1-7-11(16(23)24-5)15(25-13(7)8(2)21)20-14(22)12-9(6-10(18)19)17(12,3)4/h6,9,12H,1-5H3,(H,20,22)/t9-,12+/m0/s1. The van der Waals surface area contributed by atoms with E-state index >= 15 is 0 Å². The summed E-state index contributed by atoms with van der Waals surface area (Å²) in [5, 5.41) is 3.10. The fourth-order valence-corrected chi connectivity index (χ4v) is 4.46. The number of ether oxygens (including phenoxy) is 1. The minimum absolute atomic E-state index is 0.0904. The SMILES string of the molecule is COC(=O)c1c(NC(=O)[C@H]2[C@H](C=C(Cl)Cl)C2(C)C)sc(C(C)=O)c1C. The Labute approximate surface area is 160 Å². The van der Waals surface area contributed by atoms with Crippen LogP contribution in [0.2, 0.25) is 0 Å². The second-order valence-corrected chi connectivity index (χ2v) is 8.61. The number of halogens is 2. The van der Waals surface area contributed by atoms with E-state index in [9.17, 15) is 14.4 Å². The Kier molecular flexibility index (Phi) is 5.66. The van der Waals surface area contributed by atoms with Gasteiger partial charge in [-0.15, -0.1) is 11.3 Å². The molecule has 0 unspecified atom stereocenters. The highest BCUT2D eigenvalue weighted by Crippen LogP contribution is 2.60. The van der Waals surface area contributed by atoms with E-state index in [0.717, 1.165) is 11.3 Å². The number of thiophene rings is 1. The molecule has 1 heterocycles. The summed E-state index contributed by atoms with van der Waals surface area (Å²) in [4.78, 5) is 36.9. The quantitative estimate of drug-likeness (QED) is 0.576. The fourth-order valence-electron chi connectivity index (χ4n) is 3.10. The lowest BCUT2D eigenvalue weighted by atomic mass is 10.1. The number of allylic oxidation sites excluding steroid dienone is 1. The summed E-state index contributed by atoms with van der Waals surface area (Å²) >= 11 is 12.5. The van der Waals surface area contributed by atoms with Crippen LogP contribution in [0.4, 0.5) is 5.00 Å². The number of Topliss-reactive ketones (excluding diaryl/α,β-unsaturated/α-hetero) is 1. The van der Waals surface area contributed by atoms with Crippen LogP contribution in [0.3, 0.4) is 0 Å². The summed E-state index contributed by atoms with van der Waals surface area (Å²) in [7, 11) is 1.26. The minimum atomic E-state index is -0.591. The zero-order chi connectivity index (χ0) is 19.1. The predicted octanol–water partition coefficient (Wildman–Crippen LogP) is 4.58. The van der Waals surface area contributed by atoms with Gasteiger partial charge in [0.25, 0.3) is 0 Å². The number of esters is 1. The third-order valence-corrected chi connectivity index (χ3v) is 6.15. The van der Waals surface area contributed by atoms with Crippen LogP contribution < -0.4 is 5.32 Å². The second-order valence-electron chi connectivity index (χ2n) is 6.58. The number of carbonyl (C=O) groups is 3. The molecule has 0 saturated heterocycles. The van der Waals surface area contributed by atoms with E-state index in [2.05, 4.69) is 5.32 Å². The van der Waals surface area contributed by atoms with Crippen molar-refractivity contribution in [1.82, 2.24) is 0 Å². The first-order chi connectivity index (χ1) is 11.5. The van der Waals surface area contributed by atoms with Crippen molar-refractivity contribution in [2.45, 2.75) is 27.7 Å². The van der Waals surface area contributed by atoms with Gasteiger partial charge in [-0.25, -0.2) is 4.79 Å². The molecule has 136 valence electrons. The van der Waals surface area contributed by atoms with Crippen molar-refractivity contribution in [3.8, 4) is 0 Å². The molecule has 0 aliphatic heterocycles. The van der Waals surface area contributed by atoms with Crippen LogP contribution in [0.1, 0.15) is 46.4 Å². The monoisotopic (exact) mass is 403 g/mol. The van der Waals surface area contributed by atoms with Crippen molar-refractivity contribution in [2.75, 3.05) is 12.4 Å². The highest BCUT2D eigenvalue weighted by molar-refractivity contribution is 7.18. The Hall–Kier alpha value is -1.37. The van der Waals surface area contributed by atoms with Gasteiger partial charge in [0, 0.05) is 0 Å². The summed E-state index contributed by atoms with van der Waals surface area (Å²) in [6, 6.07) is 0. The molecule has 0 spiro atoms. The minimum Gasteiger partial charge on any atom is -0.465 e. The number of hydrogen-bond acceptors (Lipinski definition) is 5. The smallest absolute Gasteiger partial charge is 0.341 e.